The standard InChI is InChI=1S/C9H19N3O/c1-7(10)6-12-8(13)5-9(2,3)11(12)4/h7H,5-6,10H2,1-4H3. The van der Waals surface area contributed by atoms with Gasteiger partial charge in [0.15, 0.2) is 0 Å². The second-order valence-electron chi connectivity index (χ2n) is 4.47. The van der Waals surface area contributed by atoms with Gasteiger partial charge in [-0.1, -0.05) is 0 Å². The molecule has 4 heteroatoms. The van der Waals surface area contributed by atoms with E-state index in [1.54, 1.807) is 5.01 Å². The van der Waals surface area contributed by atoms with Crippen LogP contribution in [0.4, 0.5) is 0 Å². The molecule has 1 fully saturated rings. The first kappa shape index (κ1) is 10.5. The van der Waals surface area contributed by atoms with E-state index in [0.29, 0.717) is 13.0 Å². The van der Waals surface area contributed by atoms with E-state index in [1.165, 1.54) is 0 Å². The maximum Gasteiger partial charge on any atom is 0.238 e. The topological polar surface area (TPSA) is 49.6 Å². The summed E-state index contributed by atoms with van der Waals surface area (Å²) in [6.45, 7) is 6.64. The molecule has 0 aromatic rings. The molecule has 1 amide bonds. The first-order chi connectivity index (χ1) is 5.84. The van der Waals surface area contributed by atoms with Crippen molar-refractivity contribution in [2.24, 2.45) is 5.73 Å². The number of rotatable bonds is 2. The Morgan fingerprint density at radius 1 is 1.62 bits per heavy atom. The molecule has 0 saturated carbocycles. The van der Waals surface area contributed by atoms with E-state index in [1.807, 2.05) is 19.0 Å². The number of carbonyl (C=O) groups is 1. The molecule has 1 rings (SSSR count). The van der Waals surface area contributed by atoms with Crippen molar-refractivity contribution >= 4 is 5.91 Å². The van der Waals surface area contributed by atoms with E-state index in [4.69, 9.17) is 5.73 Å². The molecule has 0 aromatic carbocycles. The van der Waals surface area contributed by atoms with Crippen molar-refractivity contribution in [1.82, 2.24) is 10.0 Å². The van der Waals surface area contributed by atoms with E-state index in [-0.39, 0.29) is 17.5 Å². The second-order valence-corrected chi connectivity index (χ2v) is 4.47. The molecular weight excluding hydrogens is 166 g/mol. The molecule has 2 N–H and O–H groups in total. The van der Waals surface area contributed by atoms with E-state index >= 15 is 0 Å². The first-order valence-electron chi connectivity index (χ1n) is 4.64. The molecule has 13 heavy (non-hydrogen) atoms. The van der Waals surface area contributed by atoms with Crippen LogP contribution in [-0.2, 0) is 4.79 Å². The summed E-state index contributed by atoms with van der Waals surface area (Å²) in [5.74, 6) is 0.171. The number of nitrogens with two attached hydrogens (primary N) is 1. The van der Waals surface area contributed by atoms with Crippen LogP contribution in [0.1, 0.15) is 27.2 Å². The van der Waals surface area contributed by atoms with Gasteiger partial charge in [0.2, 0.25) is 5.91 Å². The molecule has 0 radical (unpaired) electrons. The number of nitrogens with zero attached hydrogens (tertiary/aromatic N) is 2. The van der Waals surface area contributed by atoms with E-state index < -0.39 is 0 Å². The van der Waals surface area contributed by atoms with Gasteiger partial charge in [-0.15, -0.1) is 0 Å². The summed E-state index contributed by atoms with van der Waals surface area (Å²) in [4.78, 5) is 11.6. The minimum absolute atomic E-state index is 0.0281. The Labute approximate surface area is 79.6 Å². The summed E-state index contributed by atoms with van der Waals surface area (Å²) < 4.78 is 0. The molecule has 0 spiro atoms. The highest BCUT2D eigenvalue weighted by Crippen LogP contribution is 2.27. The van der Waals surface area contributed by atoms with Crippen molar-refractivity contribution in [2.45, 2.75) is 38.8 Å². The Hall–Kier alpha value is -0.610. The maximum absolute atomic E-state index is 11.6. The summed E-state index contributed by atoms with van der Waals surface area (Å²) in [6, 6.07) is 0.0281. The van der Waals surface area contributed by atoms with Gasteiger partial charge in [-0.2, -0.15) is 0 Å². The lowest BCUT2D eigenvalue weighted by Gasteiger charge is -2.33. The molecule has 0 bridgehead atoms. The molecule has 1 saturated heterocycles. The second kappa shape index (κ2) is 3.27. The highest BCUT2D eigenvalue weighted by atomic mass is 16.2. The monoisotopic (exact) mass is 185 g/mol. The smallest absolute Gasteiger partial charge is 0.238 e. The number of hydrogen-bond donors (Lipinski definition) is 1. The predicted octanol–water partition coefficient (Wildman–Crippen LogP) is 0.191. The predicted molar refractivity (Wildman–Crippen MR) is 51.8 cm³/mol. The summed E-state index contributed by atoms with van der Waals surface area (Å²) in [6.07, 6.45) is 0.580. The molecule has 1 atom stereocenters. The van der Waals surface area contributed by atoms with Gasteiger partial charge >= 0.3 is 0 Å². The third kappa shape index (κ3) is 2.00. The van der Waals surface area contributed by atoms with Crippen LogP contribution in [-0.4, -0.2) is 41.1 Å². The van der Waals surface area contributed by atoms with Gasteiger partial charge in [0.1, 0.15) is 0 Å². The van der Waals surface area contributed by atoms with Crippen LogP contribution in [0, 0.1) is 0 Å². The quantitative estimate of drug-likeness (QED) is 0.668. The molecule has 4 nitrogen and oxygen atoms in total. The Morgan fingerprint density at radius 2 is 2.15 bits per heavy atom. The zero-order valence-corrected chi connectivity index (χ0v) is 8.87. The van der Waals surface area contributed by atoms with Crippen LogP contribution in [0.3, 0.4) is 0 Å². The van der Waals surface area contributed by atoms with Crippen molar-refractivity contribution in [3.63, 3.8) is 0 Å². The first-order valence-corrected chi connectivity index (χ1v) is 4.64. The average molecular weight is 185 g/mol. The van der Waals surface area contributed by atoms with Crippen LogP contribution >= 0.6 is 0 Å². The molecule has 76 valence electrons. The SMILES string of the molecule is CC(N)CN1C(=O)CC(C)(C)N1C. The van der Waals surface area contributed by atoms with Crippen LogP contribution in [0.15, 0.2) is 0 Å². The van der Waals surface area contributed by atoms with E-state index in [2.05, 4.69) is 13.8 Å². The lowest BCUT2D eigenvalue weighted by molar-refractivity contribution is -0.138. The highest BCUT2D eigenvalue weighted by molar-refractivity contribution is 5.79. The fourth-order valence-corrected chi connectivity index (χ4v) is 1.57. The van der Waals surface area contributed by atoms with Gasteiger partial charge in [0.25, 0.3) is 0 Å². The third-order valence-corrected chi connectivity index (χ3v) is 2.57. The molecule has 0 aliphatic carbocycles. The summed E-state index contributed by atoms with van der Waals surface area (Å²) >= 11 is 0. The van der Waals surface area contributed by atoms with Crippen molar-refractivity contribution in [3.8, 4) is 0 Å². The van der Waals surface area contributed by atoms with Gasteiger partial charge in [-0.25, -0.2) is 5.01 Å². The van der Waals surface area contributed by atoms with E-state index in [0.717, 1.165) is 0 Å². The normalized spacial score (nSPS) is 25.3. The number of carbonyl (C=O) groups excluding carboxylic acids is 1. The molecule has 1 aliphatic heterocycles. The fraction of sp³-hybridized carbons (Fsp3) is 0.889. The Morgan fingerprint density at radius 3 is 2.46 bits per heavy atom. The Balaban J connectivity index is 2.71. The van der Waals surface area contributed by atoms with Crippen LogP contribution in [0.2, 0.25) is 0 Å². The Kier molecular flexibility index (Phi) is 2.63. The summed E-state index contributed by atoms with van der Waals surface area (Å²) in [5.41, 5.74) is 5.60. The van der Waals surface area contributed by atoms with Crippen LogP contribution < -0.4 is 5.73 Å². The highest BCUT2D eigenvalue weighted by Gasteiger charge is 2.40. The maximum atomic E-state index is 11.6. The lowest BCUT2D eigenvalue weighted by atomic mass is 10.0. The minimum Gasteiger partial charge on any atom is -0.326 e. The van der Waals surface area contributed by atoms with Crippen LogP contribution in [0.25, 0.3) is 0 Å². The number of hydrazine groups is 1. The Bertz CT molecular complexity index is 213. The lowest BCUT2D eigenvalue weighted by Crippen LogP contribution is -2.48. The molecule has 0 aromatic heterocycles. The van der Waals surface area contributed by atoms with Gasteiger partial charge in [0.05, 0.1) is 6.54 Å². The van der Waals surface area contributed by atoms with Gasteiger partial charge in [-0.05, 0) is 20.8 Å². The number of hydrogen-bond acceptors (Lipinski definition) is 3. The van der Waals surface area contributed by atoms with Crippen molar-refractivity contribution in [2.75, 3.05) is 13.6 Å². The molecule has 1 unspecified atom stereocenters. The van der Waals surface area contributed by atoms with Gasteiger partial charge in [0, 0.05) is 25.0 Å². The zero-order valence-electron chi connectivity index (χ0n) is 8.87. The third-order valence-electron chi connectivity index (χ3n) is 2.57. The van der Waals surface area contributed by atoms with Crippen molar-refractivity contribution < 1.29 is 4.79 Å². The molecule has 1 aliphatic rings. The van der Waals surface area contributed by atoms with Crippen molar-refractivity contribution in [3.05, 3.63) is 0 Å². The average Bonchev–Trinajstić information content (AvgIpc) is 2.12. The summed E-state index contributed by atoms with van der Waals surface area (Å²) in [7, 11) is 1.94. The summed E-state index contributed by atoms with van der Waals surface area (Å²) in [5, 5.41) is 3.73. The van der Waals surface area contributed by atoms with Gasteiger partial charge < -0.3 is 5.73 Å². The van der Waals surface area contributed by atoms with E-state index in [9.17, 15) is 4.79 Å². The largest absolute Gasteiger partial charge is 0.326 e. The van der Waals surface area contributed by atoms with Crippen molar-refractivity contribution in [1.29, 1.82) is 0 Å². The molecular formula is C9H19N3O. The fourth-order valence-electron chi connectivity index (χ4n) is 1.57. The van der Waals surface area contributed by atoms with Gasteiger partial charge in [-0.3, -0.25) is 9.80 Å². The number of amides is 1. The minimum atomic E-state index is -0.0635. The van der Waals surface area contributed by atoms with Crippen LogP contribution in [0.5, 0.6) is 0 Å². The zero-order chi connectivity index (χ0) is 10.2. The molecule has 1 heterocycles.